The summed E-state index contributed by atoms with van der Waals surface area (Å²) in [6.45, 7) is 1.14. The minimum Gasteiger partial charge on any atom is -0.479 e. The van der Waals surface area contributed by atoms with Gasteiger partial charge in [-0.05, 0) is 17.7 Å². The Bertz CT molecular complexity index is 928. The van der Waals surface area contributed by atoms with Crippen LogP contribution in [0.5, 0.6) is 5.88 Å². The van der Waals surface area contributed by atoms with Gasteiger partial charge in [-0.15, -0.1) is 15.3 Å². The van der Waals surface area contributed by atoms with E-state index >= 15 is 0 Å². The lowest BCUT2D eigenvalue weighted by Crippen LogP contribution is -2.07. The molecule has 2 heterocycles. The van der Waals surface area contributed by atoms with Crippen LogP contribution < -0.4 is 4.74 Å². The fraction of sp³-hybridized carbons (Fsp3) is 0.353. The lowest BCUT2D eigenvalue weighted by atomic mass is 10.2. The van der Waals surface area contributed by atoms with Crippen molar-refractivity contribution >= 4 is 35.0 Å². The van der Waals surface area contributed by atoms with Gasteiger partial charge in [-0.25, -0.2) is 0 Å². The molecule has 0 saturated carbocycles. The highest BCUT2D eigenvalue weighted by molar-refractivity contribution is 7.98. The lowest BCUT2D eigenvalue weighted by molar-refractivity contribution is 0.185. The molecule has 0 amide bonds. The normalized spacial score (nSPS) is 11.1. The molecule has 144 valence electrons. The second-order valence-corrected chi connectivity index (χ2v) is 7.49. The molecule has 3 rings (SSSR count). The molecule has 27 heavy (non-hydrogen) atoms. The third-order valence-electron chi connectivity index (χ3n) is 3.84. The summed E-state index contributed by atoms with van der Waals surface area (Å²) < 4.78 is 14.3. The second kappa shape index (κ2) is 8.97. The summed E-state index contributed by atoms with van der Waals surface area (Å²) in [5.74, 6) is 1.83. The third-order valence-corrected chi connectivity index (χ3v) is 5.44. The Morgan fingerprint density at radius 3 is 2.70 bits per heavy atom. The molecule has 0 bridgehead atoms. The molecule has 0 unspecified atom stereocenters. The standard InChI is InChI=1S/C17H19Cl2N5O2S/c1-23-9-13(16(22-23)26-3)15-20-21-17(24(15)6-7-25-2)27-10-11-4-5-12(18)8-14(11)19/h4-5,8-9H,6-7,10H2,1-3H3. The van der Waals surface area contributed by atoms with Crippen molar-refractivity contribution in [1.82, 2.24) is 24.5 Å². The molecule has 0 aliphatic rings. The lowest BCUT2D eigenvalue weighted by Gasteiger charge is -2.10. The van der Waals surface area contributed by atoms with Crippen molar-refractivity contribution in [3.63, 3.8) is 0 Å². The Morgan fingerprint density at radius 2 is 2.00 bits per heavy atom. The Kier molecular flexibility index (Phi) is 6.64. The highest BCUT2D eigenvalue weighted by Gasteiger charge is 2.20. The van der Waals surface area contributed by atoms with Gasteiger partial charge in [0.2, 0.25) is 5.88 Å². The number of ether oxygens (including phenoxy) is 2. The number of halogens is 2. The van der Waals surface area contributed by atoms with Crippen LogP contribution in [0.15, 0.2) is 29.6 Å². The first-order valence-corrected chi connectivity index (χ1v) is 9.84. The van der Waals surface area contributed by atoms with E-state index in [4.69, 9.17) is 32.7 Å². The zero-order valence-corrected chi connectivity index (χ0v) is 17.5. The van der Waals surface area contributed by atoms with Gasteiger partial charge in [-0.3, -0.25) is 9.25 Å². The summed E-state index contributed by atoms with van der Waals surface area (Å²) in [7, 11) is 5.08. The SMILES string of the molecule is COCCn1c(SCc2ccc(Cl)cc2Cl)nnc1-c1cn(C)nc1OC. The zero-order chi connectivity index (χ0) is 19.4. The molecule has 0 saturated heterocycles. The molecule has 0 radical (unpaired) electrons. The van der Waals surface area contributed by atoms with E-state index in [9.17, 15) is 0 Å². The molecule has 3 aromatic rings. The summed E-state index contributed by atoms with van der Waals surface area (Å²) in [6.07, 6.45) is 1.86. The number of nitrogens with zero attached hydrogens (tertiary/aromatic N) is 5. The van der Waals surface area contributed by atoms with E-state index in [0.717, 1.165) is 16.3 Å². The van der Waals surface area contributed by atoms with E-state index in [-0.39, 0.29) is 0 Å². The maximum atomic E-state index is 6.27. The van der Waals surface area contributed by atoms with Crippen molar-refractivity contribution in [3.05, 3.63) is 40.0 Å². The van der Waals surface area contributed by atoms with Crippen LogP contribution in [-0.4, -0.2) is 45.4 Å². The van der Waals surface area contributed by atoms with Crippen LogP contribution >= 0.6 is 35.0 Å². The van der Waals surface area contributed by atoms with Crippen molar-refractivity contribution in [2.75, 3.05) is 20.8 Å². The Morgan fingerprint density at radius 1 is 1.19 bits per heavy atom. The molecule has 10 heteroatoms. The van der Waals surface area contributed by atoms with Gasteiger partial charge in [0, 0.05) is 36.2 Å². The largest absolute Gasteiger partial charge is 0.479 e. The summed E-state index contributed by atoms with van der Waals surface area (Å²) in [6, 6.07) is 5.48. The topological polar surface area (TPSA) is 67.0 Å². The molecule has 1 aromatic carbocycles. The number of rotatable bonds is 8. The fourth-order valence-electron chi connectivity index (χ4n) is 2.53. The van der Waals surface area contributed by atoms with Crippen molar-refractivity contribution in [2.45, 2.75) is 17.5 Å². The average molecular weight is 428 g/mol. The van der Waals surface area contributed by atoms with Crippen LogP contribution in [0.25, 0.3) is 11.4 Å². The number of hydrogen-bond acceptors (Lipinski definition) is 6. The molecular weight excluding hydrogens is 409 g/mol. The van der Waals surface area contributed by atoms with Gasteiger partial charge < -0.3 is 9.47 Å². The highest BCUT2D eigenvalue weighted by Crippen LogP contribution is 2.32. The predicted octanol–water partition coefficient (Wildman–Crippen LogP) is 3.93. The van der Waals surface area contributed by atoms with Gasteiger partial charge in [0.25, 0.3) is 0 Å². The van der Waals surface area contributed by atoms with E-state index in [0.29, 0.717) is 40.7 Å². The van der Waals surface area contributed by atoms with Crippen LogP contribution in [0, 0.1) is 0 Å². The minimum atomic E-state index is 0.501. The molecule has 0 N–H and O–H groups in total. The maximum absolute atomic E-state index is 6.27. The minimum absolute atomic E-state index is 0.501. The maximum Gasteiger partial charge on any atom is 0.243 e. The monoisotopic (exact) mass is 427 g/mol. The molecule has 0 spiro atoms. The van der Waals surface area contributed by atoms with Crippen molar-refractivity contribution < 1.29 is 9.47 Å². The van der Waals surface area contributed by atoms with E-state index in [1.54, 1.807) is 36.7 Å². The molecular formula is C17H19Cl2N5O2S. The summed E-state index contributed by atoms with van der Waals surface area (Å²) in [5, 5.41) is 15.0. The molecule has 0 atom stereocenters. The summed E-state index contributed by atoms with van der Waals surface area (Å²) >= 11 is 13.8. The van der Waals surface area contributed by atoms with E-state index in [2.05, 4.69) is 15.3 Å². The van der Waals surface area contributed by atoms with Crippen molar-refractivity contribution in [3.8, 4) is 17.3 Å². The van der Waals surface area contributed by atoms with E-state index in [1.165, 1.54) is 0 Å². The predicted molar refractivity (Wildman–Crippen MR) is 107 cm³/mol. The van der Waals surface area contributed by atoms with Gasteiger partial charge >= 0.3 is 0 Å². The van der Waals surface area contributed by atoms with Crippen molar-refractivity contribution in [2.24, 2.45) is 7.05 Å². The van der Waals surface area contributed by atoms with Gasteiger partial charge in [0.15, 0.2) is 11.0 Å². The molecule has 0 aliphatic carbocycles. The molecule has 7 nitrogen and oxygen atoms in total. The number of hydrogen-bond donors (Lipinski definition) is 0. The summed E-state index contributed by atoms with van der Waals surface area (Å²) in [5.41, 5.74) is 1.76. The van der Waals surface area contributed by atoms with Crippen LogP contribution in [0.4, 0.5) is 0 Å². The summed E-state index contributed by atoms with van der Waals surface area (Å²) in [4.78, 5) is 0. The van der Waals surface area contributed by atoms with Crippen molar-refractivity contribution in [1.29, 1.82) is 0 Å². The fourth-order valence-corrected chi connectivity index (χ4v) is 4.06. The number of aromatic nitrogens is 5. The van der Waals surface area contributed by atoms with Gasteiger partial charge in [-0.1, -0.05) is 41.0 Å². The highest BCUT2D eigenvalue weighted by atomic mass is 35.5. The smallest absolute Gasteiger partial charge is 0.243 e. The third kappa shape index (κ3) is 4.57. The first-order chi connectivity index (χ1) is 13.0. The zero-order valence-electron chi connectivity index (χ0n) is 15.1. The molecule has 0 fully saturated rings. The number of benzene rings is 1. The van der Waals surface area contributed by atoms with Crippen LogP contribution in [0.2, 0.25) is 10.0 Å². The Hall–Kier alpha value is -1.74. The number of thioether (sulfide) groups is 1. The number of aryl methyl sites for hydroxylation is 1. The average Bonchev–Trinajstić information content (AvgIpc) is 3.21. The van der Waals surface area contributed by atoms with Crippen LogP contribution in [0.1, 0.15) is 5.56 Å². The van der Waals surface area contributed by atoms with Gasteiger partial charge in [-0.2, -0.15) is 0 Å². The first-order valence-electron chi connectivity index (χ1n) is 8.10. The van der Waals surface area contributed by atoms with Crippen LogP contribution in [0.3, 0.4) is 0 Å². The Balaban J connectivity index is 1.89. The van der Waals surface area contributed by atoms with Gasteiger partial charge in [0.1, 0.15) is 5.56 Å². The number of methoxy groups -OCH3 is 2. The first kappa shape index (κ1) is 20.0. The van der Waals surface area contributed by atoms with E-state index in [1.807, 2.05) is 29.9 Å². The Labute approximate surface area is 171 Å². The van der Waals surface area contributed by atoms with Crippen LogP contribution in [-0.2, 0) is 24.1 Å². The quantitative estimate of drug-likeness (QED) is 0.507. The molecule has 0 aliphatic heterocycles. The van der Waals surface area contributed by atoms with Gasteiger partial charge in [0.05, 0.1) is 20.3 Å². The second-order valence-electron chi connectivity index (χ2n) is 5.70. The molecule has 2 aromatic heterocycles. The van der Waals surface area contributed by atoms with E-state index < -0.39 is 0 Å².